The Balaban J connectivity index is 2.36. The fraction of sp³-hybridized carbons (Fsp3) is 0.267. The second-order valence-electron chi connectivity index (χ2n) is 5.14. The first-order chi connectivity index (χ1) is 11.3. The Morgan fingerprint density at radius 2 is 2.00 bits per heavy atom. The second kappa shape index (κ2) is 6.49. The Morgan fingerprint density at radius 1 is 1.33 bits per heavy atom. The van der Waals surface area contributed by atoms with Gasteiger partial charge in [-0.05, 0) is 26.0 Å². The van der Waals surface area contributed by atoms with E-state index >= 15 is 0 Å². The molecule has 0 fully saturated rings. The van der Waals surface area contributed by atoms with Crippen LogP contribution in [0.4, 0.5) is 11.4 Å². The van der Waals surface area contributed by atoms with Crippen LogP contribution < -0.4 is 5.32 Å². The molecule has 126 valence electrons. The van der Waals surface area contributed by atoms with Crippen LogP contribution >= 0.6 is 0 Å². The van der Waals surface area contributed by atoms with Gasteiger partial charge in [0.2, 0.25) is 0 Å². The van der Waals surface area contributed by atoms with Gasteiger partial charge in [0.05, 0.1) is 23.4 Å². The van der Waals surface area contributed by atoms with Gasteiger partial charge in [-0.3, -0.25) is 19.6 Å². The van der Waals surface area contributed by atoms with E-state index in [1.54, 1.807) is 20.9 Å². The topological polar surface area (TPSA) is 116 Å². The summed E-state index contributed by atoms with van der Waals surface area (Å²) in [5, 5.41) is 17.5. The van der Waals surface area contributed by atoms with E-state index in [2.05, 4.69) is 10.4 Å². The lowest BCUT2D eigenvalue weighted by Gasteiger charge is -2.08. The molecule has 0 bridgehead atoms. The minimum Gasteiger partial charge on any atom is -0.464 e. The third-order valence-electron chi connectivity index (χ3n) is 3.50. The minimum atomic E-state index is -0.631. The van der Waals surface area contributed by atoms with Crippen molar-refractivity contribution in [1.82, 2.24) is 9.78 Å². The first-order valence-electron chi connectivity index (χ1n) is 6.94. The summed E-state index contributed by atoms with van der Waals surface area (Å²) in [6, 6.07) is 4.03. The second-order valence-corrected chi connectivity index (χ2v) is 5.14. The zero-order valence-electron chi connectivity index (χ0n) is 13.6. The monoisotopic (exact) mass is 332 g/mol. The molecule has 0 aliphatic heterocycles. The Hall–Kier alpha value is -3.23. The van der Waals surface area contributed by atoms with Crippen LogP contribution in [0.2, 0.25) is 0 Å². The molecule has 1 amide bonds. The van der Waals surface area contributed by atoms with E-state index in [0.29, 0.717) is 11.3 Å². The molecule has 1 heterocycles. The van der Waals surface area contributed by atoms with E-state index in [1.165, 1.54) is 30.0 Å². The van der Waals surface area contributed by atoms with Crippen LogP contribution in [-0.2, 0) is 11.8 Å². The van der Waals surface area contributed by atoms with Crippen LogP contribution in [-0.4, -0.2) is 33.7 Å². The summed E-state index contributed by atoms with van der Waals surface area (Å²) in [4.78, 5) is 34.6. The Bertz CT molecular complexity index is 841. The number of aryl methyl sites for hydroxylation is 3. The highest BCUT2D eigenvalue weighted by Crippen LogP contribution is 2.23. The van der Waals surface area contributed by atoms with Gasteiger partial charge in [0.25, 0.3) is 11.6 Å². The van der Waals surface area contributed by atoms with E-state index in [4.69, 9.17) is 4.74 Å². The van der Waals surface area contributed by atoms with Crippen molar-refractivity contribution in [2.45, 2.75) is 13.8 Å². The third-order valence-corrected chi connectivity index (χ3v) is 3.50. The van der Waals surface area contributed by atoms with Crippen molar-refractivity contribution in [3.05, 3.63) is 50.8 Å². The van der Waals surface area contributed by atoms with Gasteiger partial charge in [0.15, 0.2) is 5.69 Å². The van der Waals surface area contributed by atoms with Crippen LogP contribution in [0.5, 0.6) is 0 Å². The average Bonchev–Trinajstić information content (AvgIpc) is 2.79. The van der Waals surface area contributed by atoms with Gasteiger partial charge in [-0.15, -0.1) is 0 Å². The van der Waals surface area contributed by atoms with E-state index in [9.17, 15) is 19.7 Å². The zero-order valence-corrected chi connectivity index (χ0v) is 13.6. The fourth-order valence-corrected chi connectivity index (χ4v) is 2.33. The summed E-state index contributed by atoms with van der Waals surface area (Å²) < 4.78 is 6.01. The fourth-order valence-electron chi connectivity index (χ4n) is 2.33. The van der Waals surface area contributed by atoms with E-state index in [-0.39, 0.29) is 22.6 Å². The van der Waals surface area contributed by atoms with E-state index < -0.39 is 16.8 Å². The molecule has 0 unspecified atom stereocenters. The lowest BCUT2D eigenvalue weighted by molar-refractivity contribution is -0.385. The van der Waals surface area contributed by atoms with Crippen LogP contribution in [0, 0.1) is 24.0 Å². The van der Waals surface area contributed by atoms with Crippen LogP contribution in [0.1, 0.15) is 32.1 Å². The normalized spacial score (nSPS) is 10.3. The molecule has 0 spiro atoms. The lowest BCUT2D eigenvalue weighted by Crippen LogP contribution is -2.17. The van der Waals surface area contributed by atoms with Crippen molar-refractivity contribution >= 4 is 23.3 Å². The molecule has 0 atom stereocenters. The number of aromatic nitrogens is 2. The lowest BCUT2D eigenvalue weighted by atomic mass is 10.1. The first-order valence-corrected chi connectivity index (χ1v) is 6.94. The third kappa shape index (κ3) is 3.09. The predicted molar refractivity (Wildman–Crippen MR) is 85.1 cm³/mol. The molecule has 0 saturated heterocycles. The number of methoxy groups -OCH3 is 1. The predicted octanol–water partition coefficient (Wildman–Crippen LogP) is 1.98. The molecular weight excluding hydrogens is 316 g/mol. The number of anilines is 1. The highest BCUT2D eigenvalue weighted by atomic mass is 16.6. The molecule has 0 aliphatic carbocycles. The Kier molecular flexibility index (Phi) is 4.63. The highest BCUT2D eigenvalue weighted by molar-refractivity contribution is 6.08. The smallest absolute Gasteiger partial charge is 0.358 e. The van der Waals surface area contributed by atoms with Gasteiger partial charge in [0.1, 0.15) is 0 Å². The van der Waals surface area contributed by atoms with E-state index in [0.717, 1.165) is 0 Å². The molecule has 24 heavy (non-hydrogen) atoms. The first kappa shape index (κ1) is 17.1. The van der Waals surface area contributed by atoms with Crippen molar-refractivity contribution in [3.8, 4) is 0 Å². The van der Waals surface area contributed by atoms with Crippen molar-refractivity contribution in [1.29, 1.82) is 0 Å². The minimum absolute atomic E-state index is 0.0700. The van der Waals surface area contributed by atoms with Gasteiger partial charge >= 0.3 is 5.97 Å². The maximum Gasteiger partial charge on any atom is 0.358 e. The molecule has 0 radical (unpaired) electrons. The molecule has 0 saturated carbocycles. The van der Waals surface area contributed by atoms with Gasteiger partial charge in [-0.25, -0.2) is 4.79 Å². The summed E-state index contributed by atoms with van der Waals surface area (Å²) in [6.07, 6.45) is 0. The number of benzene rings is 1. The summed E-state index contributed by atoms with van der Waals surface area (Å²) in [7, 11) is 2.79. The number of rotatable bonds is 4. The summed E-state index contributed by atoms with van der Waals surface area (Å²) in [5.41, 5.74) is 1.33. The van der Waals surface area contributed by atoms with Crippen molar-refractivity contribution < 1.29 is 19.2 Å². The largest absolute Gasteiger partial charge is 0.464 e. The maximum absolute atomic E-state index is 12.4. The number of amides is 1. The standard InChI is InChI=1S/C15H16N4O5/c1-8-7-10(5-6-11(8)19(22)23)14(20)16-12-9(2)17-18(3)13(12)15(21)24-4/h5-7H,1-4H3,(H,16,20). The SMILES string of the molecule is COC(=O)c1c(NC(=O)c2ccc([N+](=O)[O-])c(C)c2)c(C)nn1C. The summed E-state index contributed by atoms with van der Waals surface area (Å²) >= 11 is 0. The van der Waals surface area contributed by atoms with Crippen LogP contribution in [0.3, 0.4) is 0 Å². The maximum atomic E-state index is 12.4. The van der Waals surface area contributed by atoms with Crippen LogP contribution in [0.15, 0.2) is 18.2 Å². The molecule has 9 nitrogen and oxygen atoms in total. The number of nitrogens with one attached hydrogen (secondary N) is 1. The zero-order chi connectivity index (χ0) is 18.0. The average molecular weight is 332 g/mol. The number of ether oxygens (including phenoxy) is 1. The number of carbonyl (C=O) groups excluding carboxylic acids is 2. The number of hydrogen-bond donors (Lipinski definition) is 1. The number of nitro benzene ring substituents is 1. The number of nitro groups is 1. The van der Waals surface area contributed by atoms with Crippen molar-refractivity contribution in [2.24, 2.45) is 7.05 Å². The van der Waals surface area contributed by atoms with Gasteiger partial charge < -0.3 is 10.1 Å². The quantitative estimate of drug-likeness (QED) is 0.520. The van der Waals surface area contributed by atoms with Gasteiger partial charge in [0, 0.05) is 24.2 Å². The molecule has 0 aliphatic rings. The summed E-state index contributed by atoms with van der Waals surface area (Å²) in [5.74, 6) is -1.14. The van der Waals surface area contributed by atoms with Gasteiger partial charge in [-0.1, -0.05) is 0 Å². The van der Waals surface area contributed by atoms with E-state index in [1.807, 2.05) is 0 Å². The number of esters is 1. The Labute approximate surface area is 137 Å². The molecular formula is C15H16N4O5. The number of nitrogens with zero attached hydrogens (tertiary/aromatic N) is 3. The molecule has 2 aromatic rings. The summed E-state index contributed by atoms with van der Waals surface area (Å²) in [6.45, 7) is 3.19. The van der Waals surface area contributed by atoms with Crippen molar-refractivity contribution in [3.63, 3.8) is 0 Å². The number of carbonyl (C=O) groups is 2. The Morgan fingerprint density at radius 3 is 2.54 bits per heavy atom. The molecule has 9 heteroatoms. The molecule has 1 N–H and O–H groups in total. The number of hydrogen-bond acceptors (Lipinski definition) is 6. The molecule has 2 rings (SSSR count). The van der Waals surface area contributed by atoms with Gasteiger partial charge in [-0.2, -0.15) is 5.10 Å². The van der Waals surface area contributed by atoms with Crippen LogP contribution in [0.25, 0.3) is 0 Å². The molecule has 1 aromatic heterocycles. The van der Waals surface area contributed by atoms with Crippen molar-refractivity contribution in [2.75, 3.05) is 12.4 Å². The molecule has 1 aromatic carbocycles. The highest BCUT2D eigenvalue weighted by Gasteiger charge is 2.23.